The van der Waals surface area contributed by atoms with E-state index in [-0.39, 0.29) is 5.78 Å². The molecule has 1 heterocycles. The molecule has 4 nitrogen and oxygen atoms in total. The summed E-state index contributed by atoms with van der Waals surface area (Å²) >= 11 is 4.47. The Morgan fingerprint density at radius 3 is 3.17 bits per heavy atom. The first-order valence-corrected chi connectivity index (χ1v) is 3.93. The van der Waals surface area contributed by atoms with E-state index < -0.39 is 6.04 Å². The lowest BCUT2D eigenvalue weighted by atomic mass is 10.1. The van der Waals surface area contributed by atoms with Crippen molar-refractivity contribution in [3.8, 4) is 0 Å². The zero-order valence-electron chi connectivity index (χ0n) is 6.36. The molecule has 0 aliphatic carbocycles. The largest absolute Gasteiger partial charge is 0.348 e. The maximum absolute atomic E-state index is 10.9. The number of nitrogens with two attached hydrogens (primary N) is 1. The van der Waals surface area contributed by atoms with Crippen molar-refractivity contribution in [3.05, 3.63) is 18.2 Å². The van der Waals surface area contributed by atoms with Crippen molar-refractivity contribution in [2.75, 3.05) is 0 Å². The topological polar surface area (TPSA) is 71.8 Å². The van der Waals surface area contributed by atoms with Crippen molar-refractivity contribution in [1.82, 2.24) is 9.97 Å². The summed E-state index contributed by atoms with van der Waals surface area (Å²) in [5.74, 6) is -0.223. The number of Topliss-reactive ketones (excluding diaryl/α,β-unsaturated/α-hetero) is 1. The molecule has 5 heteroatoms. The molecule has 64 valence electrons. The molecule has 1 rings (SSSR count). The minimum Gasteiger partial charge on any atom is -0.348 e. The summed E-state index contributed by atoms with van der Waals surface area (Å²) in [6.07, 6.45) is 3.63. The van der Waals surface area contributed by atoms with Crippen LogP contribution in [0.2, 0.25) is 0 Å². The van der Waals surface area contributed by atoms with Gasteiger partial charge in [0.1, 0.15) is 0 Å². The number of imidazole rings is 1. The Morgan fingerprint density at radius 2 is 2.67 bits per heavy atom. The highest BCUT2D eigenvalue weighted by Gasteiger charge is 2.11. The van der Waals surface area contributed by atoms with Crippen LogP contribution in [0.25, 0.3) is 0 Å². The molecule has 0 unspecified atom stereocenters. The van der Waals surface area contributed by atoms with Crippen molar-refractivity contribution in [3.63, 3.8) is 0 Å². The summed E-state index contributed by atoms with van der Waals surface area (Å²) in [6.45, 7) is 0. The molecule has 0 spiro atoms. The summed E-state index contributed by atoms with van der Waals surface area (Å²) in [6, 6.07) is -0.553. The molecule has 0 aromatic carbocycles. The Labute approximate surface area is 75.2 Å². The maximum Gasteiger partial charge on any atom is 0.183 e. The van der Waals surface area contributed by atoms with Gasteiger partial charge < -0.3 is 10.7 Å². The van der Waals surface area contributed by atoms with E-state index in [1.165, 1.54) is 0 Å². The molecule has 1 aromatic heterocycles. The molecule has 0 aliphatic heterocycles. The number of hydrogen-bond donors (Lipinski definition) is 2. The van der Waals surface area contributed by atoms with Crippen molar-refractivity contribution >= 4 is 23.4 Å². The van der Waals surface area contributed by atoms with Gasteiger partial charge in [-0.3, -0.25) is 4.79 Å². The fourth-order valence-electron chi connectivity index (χ4n) is 0.821. The number of ketones is 1. The fraction of sp³-hybridized carbons (Fsp3) is 0.286. The van der Waals surface area contributed by atoms with E-state index in [0.29, 0.717) is 6.42 Å². The third-order valence-corrected chi connectivity index (χ3v) is 1.71. The highest BCUT2D eigenvalue weighted by atomic mass is 32.1. The van der Waals surface area contributed by atoms with Gasteiger partial charge in [-0.2, -0.15) is 0 Å². The first-order valence-electron chi connectivity index (χ1n) is 3.46. The normalized spacial score (nSPS) is 12.4. The third-order valence-electron chi connectivity index (χ3n) is 1.48. The molecule has 0 amide bonds. The molecular weight excluding hydrogens is 174 g/mol. The number of aromatic amines is 1. The Bertz CT molecular complexity index is 270. The Hall–Kier alpha value is -1.07. The minimum atomic E-state index is -0.553. The van der Waals surface area contributed by atoms with Gasteiger partial charge in [-0.25, -0.2) is 4.98 Å². The van der Waals surface area contributed by atoms with E-state index in [4.69, 9.17) is 5.73 Å². The number of carbonyl (C=O) groups excluding carboxylic acids is 1. The molecule has 3 N–H and O–H groups in total. The summed E-state index contributed by atoms with van der Waals surface area (Å²) < 4.78 is 0. The molecule has 0 saturated heterocycles. The highest BCUT2D eigenvalue weighted by Crippen LogP contribution is 1.96. The molecule has 0 bridgehead atoms. The Balaban J connectivity index is 2.52. The molecule has 0 aliphatic rings. The monoisotopic (exact) mass is 183 g/mol. The second-order valence-electron chi connectivity index (χ2n) is 2.41. The zero-order chi connectivity index (χ0) is 8.97. The number of carbonyl (C=O) groups is 1. The van der Waals surface area contributed by atoms with E-state index in [0.717, 1.165) is 11.1 Å². The number of nitrogens with zero attached hydrogens (tertiary/aromatic N) is 1. The van der Waals surface area contributed by atoms with Gasteiger partial charge in [0.15, 0.2) is 5.78 Å². The van der Waals surface area contributed by atoms with Gasteiger partial charge in [0.05, 0.1) is 12.4 Å². The number of H-pyrrole nitrogens is 1. The maximum atomic E-state index is 10.9. The number of hydrogen-bond acceptors (Lipinski definition) is 4. The predicted octanol–water partition coefficient (Wildman–Crippen LogP) is -0.152. The second kappa shape index (κ2) is 4.08. The van der Waals surface area contributed by atoms with Crippen molar-refractivity contribution in [2.24, 2.45) is 5.73 Å². The number of aromatic nitrogens is 2. The van der Waals surface area contributed by atoms with E-state index in [2.05, 4.69) is 22.2 Å². The summed E-state index contributed by atoms with van der Waals surface area (Å²) in [5, 5.41) is 1.07. The fourth-order valence-corrected chi connectivity index (χ4v) is 0.996. The van der Waals surface area contributed by atoms with Crippen LogP contribution in [-0.4, -0.2) is 27.2 Å². The Morgan fingerprint density at radius 1 is 1.92 bits per heavy atom. The lowest BCUT2D eigenvalue weighted by Gasteiger charge is -2.03. The molecular formula is C7H9N3OS. The average Bonchev–Trinajstić information content (AvgIpc) is 2.55. The molecule has 1 aromatic rings. The van der Waals surface area contributed by atoms with E-state index in [9.17, 15) is 4.79 Å². The van der Waals surface area contributed by atoms with Gasteiger partial charge in [-0.15, -0.1) is 0 Å². The van der Waals surface area contributed by atoms with Crippen LogP contribution in [0.3, 0.4) is 0 Å². The van der Waals surface area contributed by atoms with Crippen LogP contribution < -0.4 is 5.73 Å². The van der Waals surface area contributed by atoms with Gasteiger partial charge in [0.2, 0.25) is 0 Å². The summed E-state index contributed by atoms with van der Waals surface area (Å²) in [5.41, 5.74) is 6.36. The Kier molecular flexibility index (Phi) is 3.07. The van der Waals surface area contributed by atoms with E-state index in [1.807, 2.05) is 0 Å². The molecule has 12 heavy (non-hydrogen) atoms. The first-order chi connectivity index (χ1) is 5.74. The summed E-state index contributed by atoms with van der Waals surface area (Å²) in [4.78, 5) is 17.6. The van der Waals surface area contributed by atoms with Crippen LogP contribution in [0, 0.1) is 0 Å². The van der Waals surface area contributed by atoms with Crippen LogP contribution >= 0.6 is 12.2 Å². The standard InChI is InChI=1S/C7H9N3OS/c8-6(7(11)3-12)1-5-2-9-4-10-5/h2-4,6H,1,8H2,(H,9,10)/t6-/m0/s1. The van der Waals surface area contributed by atoms with Crippen LogP contribution in [0.1, 0.15) is 5.69 Å². The third kappa shape index (κ3) is 2.21. The van der Waals surface area contributed by atoms with Crippen molar-refractivity contribution in [2.45, 2.75) is 12.5 Å². The van der Waals surface area contributed by atoms with E-state index >= 15 is 0 Å². The summed E-state index contributed by atoms with van der Waals surface area (Å²) in [7, 11) is 0. The second-order valence-corrected chi connectivity index (χ2v) is 2.64. The van der Waals surface area contributed by atoms with Gasteiger partial charge >= 0.3 is 0 Å². The van der Waals surface area contributed by atoms with Crippen LogP contribution in [0.15, 0.2) is 12.5 Å². The SMILES string of the molecule is N[C@@H](Cc1cnc[nH]1)C(=O)C=S. The minimum absolute atomic E-state index is 0.223. The van der Waals surface area contributed by atoms with E-state index in [1.54, 1.807) is 12.5 Å². The van der Waals surface area contributed by atoms with Gasteiger partial charge in [-0.1, -0.05) is 12.2 Å². The predicted molar refractivity (Wildman–Crippen MR) is 48.9 cm³/mol. The van der Waals surface area contributed by atoms with Crippen molar-refractivity contribution < 1.29 is 4.79 Å². The molecule has 0 fully saturated rings. The quantitative estimate of drug-likeness (QED) is 0.637. The number of nitrogens with one attached hydrogen (secondary N) is 1. The van der Waals surface area contributed by atoms with Gasteiger partial charge in [-0.05, 0) is 0 Å². The first kappa shape index (κ1) is 9.02. The van der Waals surface area contributed by atoms with Gasteiger partial charge in [0.25, 0.3) is 0 Å². The average molecular weight is 183 g/mol. The lowest BCUT2D eigenvalue weighted by Crippen LogP contribution is -2.33. The van der Waals surface area contributed by atoms with Crippen LogP contribution in [-0.2, 0) is 11.2 Å². The van der Waals surface area contributed by atoms with Crippen LogP contribution in [0.4, 0.5) is 0 Å². The number of rotatable bonds is 4. The van der Waals surface area contributed by atoms with Crippen molar-refractivity contribution in [1.29, 1.82) is 0 Å². The molecule has 0 radical (unpaired) electrons. The lowest BCUT2D eigenvalue weighted by molar-refractivity contribution is -0.113. The zero-order valence-corrected chi connectivity index (χ0v) is 7.17. The van der Waals surface area contributed by atoms with Crippen LogP contribution in [0.5, 0.6) is 0 Å². The molecule has 1 atom stereocenters. The molecule has 0 saturated carbocycles. The highest BCUT2D eigenvalue weighted by molar-refractivity contribution is 7.80. The number of thiocarbonyl (C=S) groups is 1. The smallest absolute Gasteiger partial charge is 0.183 e. The van der Waals surface area contributed by atoms with Gasteiger partial charge in [0, 0.05) is 23.7 Å².